The molecule has 0 bridgehead atoms. The van der Waals surface area contributed by atoms with Crippen molar-refractivity contribution >= 4 is 23.6 Å². The molecule has 102 valence electrons. The highest BCUT2D eigenvalue weighted by Gasteiger charge is 2.48. The molecule has 2 fully saturated rings. The summed E-state index contributed by atoms with van der Waals surface area (Å²) < 4.78 is -0.425. The van der Waals surface area contributed by atoms with Crippen LogP contribution in [0.3, 0.4) is 0 Å². The maximum absolute atomic E-state index is 12.2. The van der Waals surface area contributed by atoms with Crippen molar-refractivity contribution in [2.45, 2.75) is 56.9 Å². The lowest BCUT2D eigenvalue weighted by molar-refractivity contribution is -0.130. The molecule has 0 aromatic heterocycles. The third kappa shape index (κ3) is 2.51. The van der Waals surface area contributed by atoms with E-state index < -0.39 is 4.75 Å². The summed E-state index contributed by atoms with van der Waals surface area (Å²) in [6, 6.07) is -0.383. The number of carbonyl (C=O) groups is 2. The Labute approximate surface area is 113 Å². The SMILES string of the molecule is CC(C)C1(NC(=O)[C@H]2CSC(C)(C)C(=O)N2)CC1. The summed E-state index contributed by atoms with van der Waals surface area (Å²) in [6.07, 6.45) is 2.10. The topological polar surface area (TPSA) is 58.2 Å². The Bertz CT molecular complexity index is 375. The van der Waals surface area contributed by atoms with Crippen LogP contribution in [0.4, 0.5) is 0 Å². The maximum atomic E-state index is 12.2. The molecule has 1 heterocycles. The molecule has 1 saturated carbocycles. The first-order valence-electron chi connectivity index (χ1n) is 6.54. The Morgan fingerprint density at radius 1 is 1.44 bits per heavy atom. The van der Waals surface area contributed by atoms with Crippen LogP contribution < -0.4 is 10.6 Å². The largest absolute Gasteiger partial charge is 0.349 e. The van der Waals surface area contributed by atoms with Crippen LogP contribution in [0.15, 0.2) is 0 Å². The molecule has 2 amide bonds. The van der Waals surface area contributed by atoms with Crippen LogP contribution in [-0.4, -0.2) is 33.9 Å². The Morgan fingerprint density at radius 2 is 2.06 bits per heavy atom. The van der Waals surface area contributed by atoms with Gasteiger partial charge in [-0.2, -0.15) is 0 Å². The van der Waals surface area contributed by atoms with Crippen LogP contribution in [0.25, 0.3) is 0 Å². The van der Waals surface area contributed by atoms with E-state index in [2.05, 4.69) is 24.5 Å². The first-order valence-corrected chi connectivity index (χ1v) is 7.52. The van der Waals surface area contributed by atoms with E-state index in [4.69, 9.17) is 0 Å². The van der Waals surface area contributed by atoms with Crippen molar-refractivity contribution in [2.75, 3.05) is 5.75 Å². The number of thioether (sulfide) groups is 1. The van der Waals surface area contributed by atoms with Gasteiger partial charge in [0.2, 0.25) is 11.8 Å². The molecule has 2 rings (SSSR count). The van der Waals surface area contributed by atoms with Gasteiger partial charge in [0.05, 0.1) is 4.75 Å². The first-order chi connectivity index (χ1) is 8.27. The Morgan fingerprint density at radius 3 is 2.50 bits per heavy atom. The van der Waals surface area contributed by atoms with Crippen LogP contribution in [0.1, 0.15) is 40.5 Å². The van der Waals surface area contributed by atoms with Gasteiger partial charge in [-0.3, -0.25) is 9.59 Å². The van der Waals surface area contributed by atoms with Gasteiger partial charge in [-0.1, -0.05) is 13.8 Å². The molecule has 2 N–H and O–H groups in total. The molecule has 0 spiro atoms. The van der Waals surface area contributed by atoms with Crippen molar-refractivity contribution < 1.29 is 9.59 Å². The monoisotopic (exact) mass is 270 g/mol. The minimum atomic E-state index is -0.425. The molecule has 0 aromatic carbocycles. The molecule has 2 aliphatic rings. The van der Waals surface area contributed by atoms with Crippen LogP contribution in [-0.2, 0) is 9.59 Å². The summed E-state index contributed by atoms with van der Waals surface area (Å²) in [4.78, 5) is 24.0. The zero-order chi connectivity index (χ0) is 13.6. The third-order valence-corrected chi connectivity index (χ3v) is 5.45. The van der Waals surface area contributed by atoms with Gasteiger partial charge in [0.15, 0.2) is 0 Å². The predicted molar refractivity (Wildman–Crippen MR) is 73.4 cm³/mol. The summed E-state index contributed by atoms with van der Waals surface area (Å²) in [7, 11) is 0. The molecule has 1 atom stereocenters. The number of amides is 2. The van der Waals surface area contributed by atoms with Gasteiger partial charge in [-0.25, -0.2) is 0 Å². The minimum absolute atomic E-state index is 0.0144. The van der Waals surface area contributed by atoms with E-state index in [0.29, 0.717) is 11.7 Å². The molecule has 1 aliphatic heterocycles. The van der Waals surface area contributed by atoms with Crippen molar-refractivity contribution in [3.05, 3.63) is 0 Å². The van der Waals surface area contributed by atoms with Gasteiger partial charge < -0.3 is 10.6 Å². The lowest BCUT2D eigenvalue weighted by Crippen LogP contribution is -2.59. The number of carbonyl (C=O) groups excluding carboxylic acids is 2. The fourth-order valence-electron chi connectivity index (χ4n) is 2.19. The van der Waals surface area contributed by atoms with Crippen molar-refractivity contribution in [2.24, 2.45) is 5.92 Å². The summed E-state index contributed by atoms with van der Waals surface area (Å²) in [5, 5.41) is 5.94. The number of rotatable bonds is 3. The molecular weight excluding hydrogens is 248 g/mol. The van der Waals surface area contributed by atoms with Crippen molar-refractivity contribution in [1.82, 2.24) is 10.6 Å². The molecule has 1 aliphatic carbocycles. The molecule has 18 heavy (non-hydrogen) atoms. The van der Waals surface area contributed by atoms with Gasteiger partial charge in [-0.05, 0) is 32.6 Å². The smallest absolute Gasteiger partial charge is 0.243 e. The van der Waals surface area contributed by atoms with E-state index in [1.807, 2.05) is 13.8 Å². The number of hydrogen-bond donors (Lipinski definition) is 2. The van der Waals surface area contributed by atoms with Crippen molar-refractivity contribution in [3.8, 4) is 0 Å². The minimum Gasteiger partial charge on any atom is -0.349 e. The molecule has 0 unspecified atom stereocenters. The van der Waals surface area contributed by atoms with Gasteiger partial charge >= 0.3 is 0 Å². The Hall–Kier alpha value is -0.710. The standard InChI is InChI=1S/C13H22N2O2S/c1-8(2)13(5-6-13)15-10(16)9-7-18-12(3,4)11(17)14-9/h8-9H,5-7H2,1-4H3,(H,14,17)(H,15,16)/t9-/m1/s1. The van der Waals surface area contributed by atoms with Crippen LogP contribution in [0.2, 0.25) is 0 Å². The van der Waals surface area contributed by atoms with Crippen LogP contribution in [0.5, 0.6) is 0 Å². The lowest BCUT2D eigenvalue weighted by atomic mass is 10.0. The zero-order valence-electron chi connectivity index (χ0n) is 11.5. The Balaban J connectivity index is 1.94. The van der Waals surface area contributed by atoms with Crippen molar-refractivity contribution in [1.29, 1.82) is 0 Å². The van der Waals surface area contributed by atoms with Gasteiger partial charge in [0.25, 0.3) is 0 Å². The first kappa shape index (κ1) is 13.7. The van der Waals surface area contributed by atoms with Gasteiger partial charge in [0.1, 0.15) is 6.04 Å². The molecule has 0 radical (unpaired) electrons. The third-order valence-electron chi connectivity index (χ3n) is 4.05. The van der Waals surface area contributed by atoms with E-state index >= 15 is 0 Å². The highest BCUT2D eigenvalue weighted by atomic mass is 32.2. The predicted octanol–water partition coefficient (Wildman–Crippen LogP) is 1.30. The van der Waals surface area contributed by atoms with Gasteiger partial charge in [-0.15, -0.1) is 11.8 Å². The molecule has 5 heteroatoms. The zero-order valence-corrected chi connectivity index (χ0v) is 12.3. The quantitative estimate of drug-likeness (QED) is 0.813. The second-order valence-electron chi connectivity index (χ2n) is 6.15. The van der Waals surface area contributed by atoms with Gasteiger partial charge in [0, 0.05) is 11.3 Å². The molecular formula is C13H22N2O2S. The molecule has 4 nitrogen and oxygen atoms in total. The summed E-state index contributed by atoms with van der Waals surface area (Å²) in [5.41, 5.74) is -0.0144. The number of nitrogens with one attached hydrogen (secondary N) is 2. The fraction of sp³-hybridized carbons (Fsp3) is 0.846. The van der Waals surface area contributed by atoms with Crippen molar-refractivity contribution in [3.63, 3.8) is 0 Å². The second-order valence-corrected chi connectivity index (χ2v) is 7.79. The van der Waals surface area contributed by atoms with E-state index in [1.54, 1.807) is 11.8 Å². The second kappa shape index (κ2) is 4.44. The van der Waals surface area contributed by atoms with E-state index in [0.717, 1.165) is 12.8 Å². The summed E-state index contributed by atoms with van der Waals surface area (Å²) >= 11 is 1.55. The highest BCUT2D eigenvalue weighted by Crippen LogP contribution is 2.42. The molecule has 1 saturated heterocycles. The van der Waals surface area contributed by atoms with E-state index in [9.17, 15) is 9.59 Å². The fourth-order valence-corrected chi connectivity index (χ4v) is 3.19. The molecule has 0 aromatic rings. The average Bonchev–Trinajstić information content (AvgIpc) is 3.03. The van der Waals surface area contributed by atoms with Crippen LogP contribution in [0, 0.1) is 5.92 Å². The maximum Gasteiger partial charge on any atom is 0.243 e. The normalized spacial score (nSPS) is 28.7. The summed E-state index contributed by atoms with van der Waals surface area (Å²) in [6.45, 7) is 8.03. The van der Waals surface area contributed by atoms with E-state index in [1.165, 1.54) is 0 Å². The lowest BCUT2D eigenvalue weighted by Gasteiger charge is -2.34. The average molecular weight is 270 g/mol. The number of hydrogen-bond acceptors (Lipinski definition) is 3. The summed E-state index contributed by atoms with van der Waals surface area (Å²) in [5.74, 6) is 1.02. The van der Waals surface area contributed by atoms with E-state index in [-0.39, 0.29) is 23.4 Å². The van der Waals surface area contributed by atoms with Crippen LogP contribution >= 0.6 is 11.8 Å². The Kier molecular flexibility index (Phi) is 3.38. The highest BCUT2D eigenvalue weighted by molar-refractivity contribution is 8.01.